The number of hydrogen-bond donors (Lipinski definition) is 1. The summed E-state index contributed by atoms with van der Waals surface area (Å²) in [5, 5.41) is 3.04. The summed E-state index contributed by atoms with van der Waals surface area (Å²) < 4.78 is 5.93. The summed E-state index contributed by atoms with van der Waals surface area (Å²) >= 11 is 3.40. The van der Waals surface area contributed by atoms with Crippen molar-refractivity contribution in [3.8, 4) is 5.75 Å². The zero-order chi connectivity index (χ0) is 13.1. The number of benzene rings is 1. The standard InChI is InChI=1S/C14H18BrNO2/c1-9(7-10-3-4-10)16-14(17)12-8-11(18-2)5-6-13(12)15/h5-6,8-10H,3-4,7H2,1-2H3,(H,16,17). The molecule has 0 bridgehead atoms. The van der Waals surface area contributed by atoms with Crippen LogP contribution >= 0.6 is 15.9 Å². The predicted molar refractivity (Wildman–Crippen MR) is 75.0 cm³/mol. The van der Waals surface area contributed by atoms with Gasteiger partial charge in [0.25, 0.3) is 5.91 Å². The van der Waals surface area contributed by atoms with E-state index in [9.17, 15) is 4.79 Å². The van der Waals surface area contributed by atoms with Gasteiger partial charge in [-0.2, -0.15) is 0 Å². The summed E-state index contributed by atoms with van der Waals surface area (Å²) in [6.45, 7) is 2.06. The van der Waals surface area contributed by atoms with E-state index >= 15 is 0 Å². The fourth-order valence-corrected chi connectivity index (χ4v) is 2.45. The molecule has 1 unspecified atom stereocenters. The van der Waals surface area contributed by atoms with Crippen LogP contribution in [0.2, 0.25) is 0 Å². The van der Waals surface area contributed by atoms with Crippen molar-refractivity contribution >= 4 is 21.8 Å². The van der Waals surface area contributed by atoms with Crippen molar-refractivity contribution in [3.05, 3.63) is 28.2 Å². The number of carbonyl (C=O) groups is 1. The average molecular weight is 312 g/mol. The Balaban J connectivity index is 2.02. The van der Waals surface area contributed by atoms with Crippen molar-refractivity contribution in [2.75, 3.05) is 7.11 Å². The van der Waals surface area contributed by atoms with E-state index in [4.69, 9.17) is 4.74 Å². The van der Waals surface area contributed by atoms with Gasteiger partial charge in [-0.3, -0.25) is 4.79 Å². The third-order valence-corrected chi connectivity index (χ3v) is 3.87. The molecule has 1 aliphatic rings. The molecule has 0 spiro atoms. The molecule has 1 fully saturated rings. The molecule has 0 heterocycles. The lowest BCUT2D eigenvalue weighted by molar-refractivity contribution is 0.0936. The van der Waals surface area contributed by atoms with Crippen LogP contribution in [0.25, 0.3) is 0 Å². The summed E-state index contributed by atoms with van der Waals surface area (Å²) in [6, 6.07) is 5.64. The van der Waals surface area contributed by atoms with Crippen molar-refractivity contribution in [1.29, 1.82) is 0 Å². The molecule has 1 saturated carbocycles. The van der Waals surface area contributed by atoms with Crippen molar-refractivity contribution in [2.24, 2.45) is 5.92 Å². The lowest BCUT2D eigenvalue weighted by atomic mass is 10.1. The molecule has 0 aliphatic heterocycles. The maximum Gasteiger partial charge on any atom is 0.252 e. The summed E-state index contributed by atoms with van der Waals surface area (Å²) in [7, 11) is 1.60. The van der Waals surface area contributed by atoms with Crippen molar-refractivity contribution < 1.29 is 9.53 Å². The summed E-state index contributed by atoms with van der Waals surface area (Å²) in [6.07, 6.45) is 3.69. The Labute approximate surface area is 116 Å². The number of rotatable bonds is 5. The lowest BCUT2D eigenvalue weighted by Gasteiger charge is -2.14. The first-order chi connectivity index (χ1) is 8.60. The molecular formula is C14H18BrNO2. The van der Waals surface area contributed by atoms with Crippen LogP contribution in [0.5, 0.6) is 5.75 Å². The normalized spacial score (nSPS) is 16.2. The molecule has 0 aromatic heterocycles. The van der Waals surface area contributed by atoms with E-state index in [0.717, 1.165) is 16.8 Å². The van der Waals surface area contributed by atoms with Crippen LogP contribution in [-0.2, 0) is 0 Å². The monoisotopic (exact) mass is 311 g/mol. The number of amides is 1. The zero-order valence-electron chi connectivity index (χ0n) is 10.7. The molecule has 0 saturated heterocycles. The van der Waals surface area contributed by atoms with Crippen molar-refractivity contribution in [1.82, 2.24) is 5.32 Å². The molecule has 1 aromatic rings. The maximum atomic E-state index is 12.1. The van der Waals surface area contributed by atoms with Crippen molar-refractivity contribution in [3.63, 3.8) is 0 Å². The number of halogens is 1. The van der Waals surface area contributed by atoms with Crippen LogP contribution in [0.3, 0.4) is 0 Å². The number of methoxy groups -OCH3 is 1. The van der Waals surface area contributed by atoms with Crippen LogP contribution in [-0.4, -0.2) is 19.1 Å². The first-order valence-corrected chi connectivity index (χ1v) is 7.04. The van der Waals surface area contributed by atoms with Gasteiger partial charge in [0, 0.05) is 10.5 Å². The van der Waals surface area contributed by atoms with E-state index < -0.39 is 0 Å². The second-order valence-electron chi connectivity index (χ2n) is 4.90. The average Bonchev–Trinajstić information content (AvgIpc) is 3.13. The molecule has 1 aliphatic carbocycles. The molecule has 1 aromatic carbocycles. The Kier molecular flexibility index (Phi) is 4.27. The van der Waals surface area contributed by atoms with E-state index in [2.05, 4.69) is 28.2 Å². The number of hydrogen-bond acceptors (Lipinski definition) is 2. The minimum Gasteiger partial charge on any atom is -0.497 e. The van der Waals surface area contributed by atoms with Crippen LogP contribution in [0.1, 0.15) is 36.5 Å². The zero-order valence-corrected chi connectivity index (χ0v) is 12.3. The van der Waals surface area contributed by atoms with Crippen LogP contribution in [0.4, 0.5) is 0 Å². The van der Waals surface area contributed by atoms with Crippen LogP contribution < -0.4 is 10.1 Å². The minimum atomic E-state index is -0.0473. The molecule has 3 nitrogen and oxygen atoms in total. The van der Waals surface area contributed by atoms with Gasteiger partial charge in [0.15, 0.2) is 0 Å². The van der Waals surface area contributed by atoms with Gasteiger partial charge in [0.1, 0.15) is 5.75 Å². The number of ether oxygens (including phenoxy) is 1. The third-order valence-electron chi connectivity index (χ3n) is 3.18. The Morgan fingerprint density at radius 2 is 2.28 bits per heavy atom. The highest BCUT2D eigenvalue weighted by Gasteiger charge is 2.24. The fourth-order valence-electron chi connectivity index (χ4n) is 2.02. The van der Waals surface area contributed by atoms with Gasteiger partial charge in [-0.25, -0.2) is 0 Å². The number of carbonyl (C=O) groups excluding carboxylic acids is 1. The third kappa shape index (κ3) is 3.48. The molecule has 0 radical (unpaired) electrons. The molecule has 4 heteroatoms. The van der Waals surface area contributed by atoms with E-state index in [0.29, 0.717) is 11.3 Å². The highest BCUT2D eigenvalue weighted by atomic mass is 79.9. The van der Waals surface area contributed by atoms with Gasteiger partial charge in [-0.15, -0.1) is 0 Å². The van der Waals surface area contributed by atoms with Crippen LogP contribution in [0.15, 0.2) is 22.7 Å². The summed E-state index contributed by atoms with van der Waals surface area (Å²) in [4.78, 5) is 12.1. The SMILES string of the molecule is COc1ccc(Br)c(C(=O)NC(C)CC2CC2)c1. The number of nitrogens with one attached hydrogen (secondary N) is 1. The minimum absolute atomic E-state index is 0.0473. The molecular weight excluding hydrogens is 294 g/mol. The smallest absolute Gasteiger partial charge is 0.252 e. The molecule has 1 amide bonds. The Hall–Kier alpha value is -1.03. The maximum absolute atomic E-state index is 12.1. The summed E-state index contributed by atoms with van der Waals surface area (Å²) in [5.41, 5.74) is 0.622. The molecule has 98 valence electrons. The second kappa shape index (κ2) is 5.74. The topological polar surface area (TPSA) is 38.3 Å². The van der Waals surface area contributed by atoms with Gasteiger partial charge in [-0.1, -0.05) is 12.8 Å². The second-order valence-corrected chi connectivity index (χ2v) is 5.75. The van der Waals surface area contributed by atoms with E-state index in [-0.39, 0.29) is 11.9 Å². The van der Waals surface area contributed by atoms with E-state index in [1.807, 2.05) is 12.1 Å². The van der Waals surface area contributed by atoms with Gasteiger partial charge in [0.05, 0.1) is 12.7 Å². The summed E-state index contributed by atoms with van der Waals surface area (Å²) in [5.74, 6) is 1.46. The Bertz CT molecular complexity index is 443. The van der Waals surface area contributed by atoms with Crippen molar-refractivity contribution in [2.45, 2.75) is 32.2 Å². The molecule has 1 atom stereocenters. The Morgan fingerprint density at radius 3 is 2.89 bits per heavy atom. The first kappa shape index (κ1) is 13.4. The van der Waals surface area contributed by atoms with Gasteiger partial charge in [-0.05, 0) is 53.4 Å². The largest absolute Gasteiger partial charge is 0.497 e. The Morgan fingerprint density at radius 1 is 1.56 bits per heavy atom. The lowest BCUT2D eigenvalue weighted by Crippen LogP contribution is -2.33. The van der Waals surface area contributed by atoms with E-state index in [1.165, 1.54) is 12.8 Å². The van der Waals surface area contributed by atoms with E-state index in [1.54, 1.807) is 13.2 Å². The van der Waals surface area contributed by atoms with Gasteiger partial charge < -0.3 is 10.1 Å². The highest BCUT2D eigenvalue weighted by Crippen LogP contribution is 2.33. The van der Waals surface area contributed by atoms with Crippen LogP contribution in [0, 0.1) is 5.92 Å². The molecule has 2 rings (SSSR count). The fraction of sp³-hybridized carbons (Fsp3) is 0.500. The molecule has 1 N–H and O–H groups in total. The predicted octanol–water partition coefficient (Wildman–Crippen LogP) is 3.38. The van der Waals surface area contributed by atoms with Gasteiger partial charge >= 0.3 is 0 Å². The molecule has 18 heavy (non-hydrogen) atoms. The highest BCUT2D eigenvalue weighted by molar-refractivity contribution is 9.10. The van der Waals surface area contributed by atoms with Gasteiger partial charge in [0.2, 0.25) is 0 Å². The quantitative estimate of drug-likeness (QED) is 0.905. The first-order valence-electron chi connectivity index (χ1n) is 6.24.